The van der Waals surface area contributed by atoms with E-state index in [0.717, 1.165) is 26.2 Å². The van der Waals surface area contributed by atoms with Crippen LogP contribution in [0.5, 0.6) is 0 Å². The molecule has 0 aliphatic carbocycles. The molecular weight excluding hydrogens is 317 g/mol. The van der Waals surface area contributed by atoms with Gasteiger partial charge >= 0.3 is 0 Å². The molecule has 1 saturated heterocycles. The van der Waals surface area contributed by atoms with Gasteiger partial charge in [0.15, 0.2) is 0 Å². The zero-order valence-corrected chi connectivity index (χ0v) is 14.3. The number of nitrogens with one attached hydrogen (secondary N) is 1. The average Bonchev–Trinajstić information content (AvgIpc) is 2.65. The van der Waals surface area contributed by atoms with Crippen LogP contribution in [-0.2, 0) is 11.2 Å². The molecule has 0 saturated carbocycles. The predicted octanol–water partition coefficient (Wildman–Crippen LogP) is 2.31. The predicted molar refractivity (Wildman–Crippen MR) is 98.2 cm³/mol. The number of benzene rings is 2. The fraction of sp³-hybridized carbons (Fsp3) is 0.350. The lowest BCUT2D eigenvalue weighted by atomic mass is 10.1. The lowest BCUT2D eigenvalue weighted by Crippen LogP contribution is -2.49. The van der Waals surface area contributed by atoms with Crippen molar-refractivity contribution in [2.24, 2.45) is 0 Å². The molecule has 3 rings (SSSR count). The molecule has 4 nitrogen and oxygen atoms in total. The minimum atomic E-state index is -0.214. The molecule has 2 aromatic carbocycles. The summed E-state index contributed by atoms with van der Waals surface area (Å²) in [4.78, 5) is 16.6. The third kappa shape index (κ3) is 5.03. The second kappa shape index (κ2) is 8.62. The zero-order chi connectivity index (χ0) is 17.5. The monoisotopic (exact) mass is 341 g/mol. The van der Waals surface area contributed by atoms with E-state index >= 15 is 0 Å². The Morgan fingerprint density at radius 1 is 0.960 bits per heavy atom. The molecule has 1 heterocycles. The molecule has 1 amide bonds. The van der Waals surface area contributed by atoms with Gasteiger partial charge < -0.3 is 10.2 Å². The van der Waals surface area contributed by atoms with Crippen molar-refractivity contribution in [3.05, 3.63) is 66.0 Å². The summed E-state index contributed by atoms with van der Waals surface area (Å²) in [7, 11) is 0. The van der Waals surface area contributed by atoms with Gasteiger partial charge in [0.05, 0.1) is 6.54 Å². The summed E-state index contributed by atoms with van der Waals surface area (Å²) < 4.78 is 13.5. The van der Waals surface area contributed by atoms with Crippen molar-refractivity contribution >= 4 is 11.6 Å². The van der Waals surface area contributed by atoms with Crippen LogP contribution in [0.3, 0.4) is 0 Å². The highest BCUT2D eigenvalue weighted by atomic mass is 19.1. The highest BCUT2D eigenvalue weighted by Gasteiger charge is 2.18. The van der Waals surface area contributed by atoms with Gasteiger partial charge in [-0.15, -0.1) is 0 Å². The summed E-state index contributed by atoms with van der Waals surface area (Å²) in [5.41, 5.74) is 1.87. The van der Waals surface area contributed by atoms with E-state index in [2.05, 4.69) is 27.2 Å². The van der Waals surface area contributed by atoms with E-state index in [9.17, 15) is 9.18 Å². The van der Waals surface area contributed by atoms with Gasteiger partial charge in [-0.3, -0.25) is 9.69 Å². The molecule has 1 N–H and O–H groups in total. The van der Waals surface area contributed by atoms with Gasteiger partial charge in [0.25, 0.3) is 0 Å². The number of hydrogen-bond acceptors (Lipinski definition) is 3. The van der Waals surface area contributed by atoms with E-state index in [0.29, 0.717) is 25.1 Å². The molecule has 1 aliphatic heterocycles. The minimum Gasteiger partial charge on any atom is -0.369 e. The number of hydrogen-bond donors (Lipinski definition) is 1. The SMILES string of the molecule is O=C(CN1CCN(c2ccccc2)CC1)NCCc1ccccc1F. The number of para-hydroxylation sites is 1. The number of amides is 1. The fourth-order valence-electron chi connectivity index (χ4n) is 3.10. The summed E-state index contributed by atoms with van der Waals surface area (Å²) >= 11 is 0. The van der Waals surface area contributed by atoms with Crippen molar-refractivity contribution in [2.45, 2.75) is 6.42 Å². The van der Waals surface area contributed by atoms with Gasteiger partial charge in [-0.05, 0) is 30.2 Å². The number of halogens is 1. The molecule has 5 heteroatoms. The van der Waals surface area contributed by atoms with Crippen molar-refractivity contribution in [1.82, 2.24) is 10.2 Å². The maximum absolute atomic E-state index is 13.5. The van der Waals surface area contributed by atoms with Crippen LogP contribution in [-0.4, -0.2) is 50.1 Å². The fourth-order valence-corrected chi connectivity index (χ4v) is 3.10. The Labute approximate surface area is 148 Å². The quantitative estimate of drug-likeness (QED) is 0.876. The first-order chi connectivity index (χ1) is 12.2. The maximum Gasteiger partial charge on any atom is 0.234 e. The van der Waals surface area contributed by atoms with Crippen LogP contribution in [0.2, 0.25) is 0 Å². The topological polar surface area (TPSA) is 35.6 Å². The molecule has 0 bridgehead atoms. The van der Waals surface area contributed by atoms with E-state index in [1.165, 1.54) is 11.8 Å². The van der Waals surface area contributed by atoms with Gasteiger partial charge in [-0.25, -0.2) is 4.39 Å². The Morgan fingerprint density at radius 2 is 1.64 bits per heavy atom. The second-order valence-corrected chi connectivity index (χ2v) is 6.29. The van der Waals surface area contributed by atoms with E-state index in [1.54, 1.807) is 12.1 Å². The highest BCUT2D eigenvalue weighted by molar-refractivity contribution is 5.78. The van der Waals surface area contributed by atoms with E-state index in [1.807, 2.05) is 24.3 Å². The largest absolute Gasteiger partial charge is 0.369 e. The summed E-state index contributed by atoms with van der Waals surface area (Å²) in [5, 5.41) is 2.89. The van der Waals surface area contributed by atoms with Crippen LogP contribution < -0.4 is 10.2 Å². The number of nitrogens with zero attached hydrogens (tertiary/aromatic N) is 2. The Hall–Kier alpha value is -2.40. The van der Waals surface area contributed by atoms with Crippen LogP contribution in [0, 0.1) is 5.82 Å². The number of anilines is 1. The van der Waals surface area contributed by atoms with Crippen LogP contribution in [0.1, 0.15) is 5.56 Å². The molecule has 2 aromatic rings. The first-order valence-corrected chi connectivity index (χ1v) is 8.75. The lowest BCUT2D eigenvalue weighted by Gasteiger charge is -2.35. The van der Waals surface area contributed by atoms with E-state index < -0.39 is 0 Å². The molecule has 132 valence electrons. The Balaban J connectivity index is 1.37. The first kappa shape index (κ1) is 17.4. The second-order valence-electron chi connectivity index (χ2n) is 6.29. The lowest BCUT2D eigenvalue weighted by molar-refractivity contribution is -0.122. The number of carbonyl (C=O) groups excluding carboxylic acids is 1. The Bertz CT molecular complexity index is 684. The van der Waals surface area contributed by atoms with Crippen LogP contribution in [0.15, 0.2) is 54.6 Å². The van der Waals surface area contributed by atoms with Crippen LogP contribution in [0.4, 0.5) is 10.1 Å². The Kier molecular flexibility index (Phi) is 6.01. The molecule has 0 spiro atoms. The van der Waals surface area contributed by atoms with E-state index in [4.69, 9.17) is 0 Å². The molecule has 1 aliphatic rings. The minimum absolute atomic E-state index is 0.00417. The standard InChI is InChI=1S/C20H24FN3O/c21-19-9-5-4-6-17(19)10-11-22-20(25)16-23-12-14-24(15-13-23)18-7-2-1-3-8-18/h1-9H,10-16H2,(H,22,25). The molecule has 0 unspecified atom stereocenters. The summed E-state index contributed by atoms with van der Waals surface area (Å²) in [6.45, 7) is 4.45. The van der Waals surface area contributed by atoms with Gasteiger partial charge in [-0.2, -0.15) is 0 Å². The summed E-state index contributed by atoms with van der Waals surface area (Å²) in [6.07, 6.45) is 0.514. The molecule has 0 aromatic heterocycles. The number of rotatable bonds is 6. The molecule has 1 fully saturated rings. The average molecular weight is 341 g/mol. The third-order valence-corrected chi connectivity index (χ3v) is 4.54. The van der Waals surface area contributed by atoms with Crippen molar-refractivity contribution < 1.29 is 9.18 Å². The van der Waals surface area contributed by atoms with Crippen LogP contribution in [0.25, 0.3) is 0 Å². The van der Waals surface area contributed by atoms with Crippen molar-refractivity contribution in [2.75, 3.05) is 44.2 Å². The highest BCUT2D eigenvalue weighted by Crippen LogP contribution is 2.15. The van der Waals surface area contributed by atoms with Crippen molar-refractivity contribution in [3.8, 4) is 0 Å². The number of piperazine rings is 1. The number of carbonyl (C=O) groups is 1. The smallest absolute Gasteiger partial charge is 0.234 e. The van der Waals surface area contributed by atoms with Crippen molar-refractivity contribution in [3.63, 3.8) is 0 Å². The molecule has 0 radical (unpaired) electrons. The van der Waals surface area contributed by atoms with Gasteiger partial charge in [0.1, 0.15) is 5.82 Å². The van der Waals surface area contributed by atoms with Gasteiger partial charge in [0, 0.05) is 38.4 Å². The maximum atomic E-state index is 13.5. The van der Waals surface area contributed by atoms with Gasteiger partial charge in [-0.1, -0.05) is 36.4 Å². The first-order valence-electron chi connectivity index (χ1n) is 8.75. The van der Waals surface area contributed by atoms with Gasteiger partial charge in [0.2, 0.25) is 5.91 Å². The third-order valence-electron chi connectivity index (χ3n) is 4.54. The van der Waals surface area contributed by atoms with Crippen LogP contribution >= 0.6 is 0 Å². The molecule has 0 atom stereocenters. The summed E-state index contributed by atoms with van der Waals surface area (Å²) in [5.74, 6) is -0.210. The normalized spacial score (nSPS) is 15.2. The van der Waals surface area contributed by atoms with Crippen molar-refractivity contribution in [1.29, 1.82) is 0 Å². The van der Waals surface area contributed by atoms with E-state index in [-0.39, 0.29) is 11.7 Å². The zero-order valence-electron chi connectivity index (χ0n) is 14.3. The molecule has 25 heavy (non-hydrogen) atoms. The Morgan fingerprint density at radius 3 is 2.36 bits per heavy atom. The molecular formula is C20H24FN3O. The summed E-state index contributed by atoms with van der Waals surface area (Å²) in [6, 6.07) is 17.0.